The number of nitrogens with zero attached hydrogens (tertiary/aromatic N) is 1. The summed E-state index contributed by atoms with van der Waals surface area (Å²) in [6.45, 7) is 2.83. The van der Waals surface area contributed by atoms with Gasteiger partial charge in [0, 0.05) is 0 Å². The largest absolute Gasteiger partial charge is 0.452 e. The number of hydrogen-bond donors (Lipinski definition) is 1. The van der Waals surface area contributed by atoms with Crippen molar-refractivity contribution >= 4 is 29.2 Å². The third-order valence-corrected chi connectivity index (χ3v) is 5.32. The summed E-state index contributed by atoms with van der Waals surface area (Å²) in [6.07, 6.45) is 0. The first-order chi connectivity index (χ1) is 14.9. The first-order valence-electron chi connectivity index (χ1n) is 9.94. The maximum Gasteiger partial charge on any atom is 0.339 e. The summed E-state index contributed by atoms with van der Waals surface area (Å²) in [7, 11) is 0. The molecule has 0 aliphatic carbocycles. The number of para-hydroxylation sites is 2. The predicted octanol–water partition coefficient (Wildman–Crippen LogP) is 4.27. The monoisotopic (exact) mass is 414 g/mol. The number of carbonyl (C=O) groups excluding carboxylic acids is 3. The molecule has 0 saturated carbocycles. The number of ether oxygens (including phenoxy) is 1. The van der Waals surface area contributed by atoms with Gasteiger partial charge < -0.3 is 10.1 Å². The fraction of sp³-hybridized carbons (Fsp3) is 0.160. The lowest BCUT2D eigenvalue weighted by atomic mass is 9.96. The van der Waals surface area contributed by atoms with Gasteiger partial charge in [-0.05, 0) is 43.2 Å². The van der Waals surface area contributed by atoms with Crippen molar-refractivity contribution in [2.24, 2.45) is 0 Å². The lowest BCUT2D eigenvalue weighted by Crippen LogP contribution is -2.59. The Morgan fingerprint density at radius 3 is 2.32 bits per heavy atom. The summed E-state index contributed by atoms with van der Waals surface area (Å²) in [4.78, 5) is 39.8. The fourth-order valence-electron chi connectivity index (χ4n) is 3.70. The number of nitrogens with one attached hydrogen (secondary N) is 1. The lowest BCUT2D eigenvalue weighted by Gasteiger charge is -2.41. The molecule has 1 N–H and O–H groups in total. The molecule has 3 aromatic carbocycles. The normalized spacial score (nSPS) is 14.4. The van der Waals surface area contributed by atoms with Crippen molar-refractivity contribution < 1.29 is 19.1 Å². The number of amides is 2. The minimum absolute atomic E-state index is 0.305. The predicted molar refractivity (Wildman–Crippen MR) is 119 cm³/mol. The van der Waals surface area contributed by atoms with E-state index in [9.17, 15) is 14.4 Å². The second kappa shape index (κ2) is 8.07. The van der Waals surface area contributed by atoms with Gasteiger partial charge in [0.1, 0.15) is 5.54 Å². The van der Waals surface area contributed by atoms with Crippen LogP contribution in [0.25, 0.3) is 11.1 Å². The maximum absolute atomic E-state index is 13.1. The van der Waals surface area contributed by atoms with Gasteiger partial charge in [-0.25, -0.2) is 4.79 Å². The molecule has 1 heterocycles. The van der Waals surface area contributed by atoms with E-state index in [2.05, 4.69) is 5.32 Å². The first-order valence-corrected chi connectivity index (χ1v) is 9.94. The molecule has 1 aliphatic heterocycles. The van der Waals surface area contributed by atoms with Crippen LogP contribution in [0.1, 0.15) is 24.2 Å². The van der Waals surface area contributed by atoms with Crippen LogP contribution in [0.15, 0.2) is 78.9 Å². The molecule has 0 saturated heterocycles. The summed E-state index contributed by atoms with van der Waals surface area (Å²) in [5.74, 6) is -1.38. The van der Waals surface area contributed by atoms with Crippen LogP contribution in [-0.4, -0.2) is 29.9 Å². The number of anilines is 2. The van der Waals surface area contributed by atoms with Crippen LogP contribution >= 0.6 is 0 Å². The number of benzene rings is 3. The zero-order chi connectivity index (χ0) is 22.0. The van der Waals surface area contributed by atoms with Gasteiger partial charge >= 0.3 is 5.97 Å². The van der Waals surface area contributed by atoms with Crippen molar-refractivity contribution in [2.75, 3.05) is 16.8 Å². The van der Waals surface area contributed by atoms with Gasteiger partial charge in [-0.1, -0.05) is 60.7 Å². The van der Waals surface area contributed by atoms with E-state index < -0.39 is 24.0 Å². The Morgan fingerprint density at radius 2 is 1.55 bits per heavy atom. The quantitative estimate of drug-likeness (QED) is 0.647. The van der Waals surface area contributed by atoms with Gasteiger partial charge in [0.15, 0.2) is 6.61 Å². The third kappa shape index (κ3) is 3.80. The van der Waals surface area contributed by atoms with Crippen LogP contribution < -0.4 is 10.2 Å². The van der Waals surface area contributed by atoms with E-state index in [1.807, 2.05) is 42.5 Å². The van der Waals surface area contributed by atoms with Crippen LogP contribution in [0.4, 0.5) is 11.4 Å². The van der Waals surface area contributed by atoms with E-state index in [1.165, 1.54) is 4.90 Å². The summed E-state index contributed by atoms with van der Waals surface area (Å²) in [5.41, 5.74) is 1.96. The highest BCUT2D eigenvalue weighted by Crippen LogP contribution is 2.36. The van der Waals surface area contributed by atoms with Crippen molar-refractivity contribution in [1.29, 1.82) is 0 Å². The molecule has 6 heteroatoms. The summed E-state index contributed by atoms with van der Waals surface area (Å²) in [6, 6.07) is 23.6. The Morgan fingerprint density at radius 1 is 0.903 bits per heavy atom. The molecule has 0 spiro atoms. The molecule has 0 bridgehead atoms. The van der Waals surface area contributed by atoms with Crippen molar-refractivity contribution in [1.82, 2.24) is 0 Å². The Labute approximate surface area is 180 Å². The van der Waals surface area contributed by atoms with Crippen LogP contribution in [0.3, 0.4) is 0 Å². The smallest absolute Gasteiger partial charge is 0.339 e. The SMILES string of the molecule is CC1(C)C(=O)Nc2ccccc2N1C(=O)COC(=O)c1ccccc1-c1ccccc1. The molecule has 3 aromatic rings. The molecule has 1 aliphatic rings. The first kappa shape index (κ1) is 20.3. The van der Waals surface area contributed by atoms with E-state index >= 15 is 0 Å². The second-order valence-electron chi connectivity index (χ2n) is 7.75. The highest BCUT2D eigenvalue weighted by atomic mass is 16.5. The van der Waals surface area contributed by atoms with Gasteiger partial charge in [-0.3, -0.25) is 14.5 Å². The highest BCUT2D eigenvalue weighted by Gasteiger charge is 2.43. The van der Waals surface area contributed by atoms with Crippen molar-refractivity contribution in [2.45, 2.75) is 19.4 Å². The molecule has 156 valence electrons. The summed E-state index contributed by atoms with van der Waals surface area (Å²) in [5, 5.41) is 2.81. The number of esters is 1. The summed E-state index contributed by atoms with van der Waals surface area (Å²) < 4.78 is 5.39. The Bertz CT molecular complexity index is 1150. The standard InChI is InChI=1S/C25H22N2O4/c1-25(2)24(30)26-20-14-8-9-15-21(20)27(25)22(28)16-31-23(29)19-13-7-6-12-18(19)17-10-4-3-5-11-17/h3-15H,16H2,1-2H3,(H,26,30). The van der Waals surface area contributed by atoms with Crippen LogP contribution in [0.5, 0.6) is 0 Å². The number of rotatable bonds is 4. The third-order valence-electron chi connectivity index (χ3n) is 5.32. The van der Waals surface area contributed by atoms with Crippen molar-refractivity contribution in [3.63, 3.8) is 0 Å². The molecular formula is C25H22N2O4. The minimum atomic E-state index is -1.13. The molecule has 0 aromatic heterocycles. The van der Waals surface area contributed by atoms with Crippen LogP contribution in [-0.2, 0) is 14.3 Å². The van der Waals surface area contributed by atoms with Crippen LogP contribution in [0, 0.1) is 0 Å². The van der Waals surface area contributed by atoms with Gasteiger partial charge in [0.25, 0.3) is 5.91 Å². The second-order valence-corrected chi connectivity index (χ2v) is 7.75. The maximum atomic E-state index is 13.1. The average Bonchev–Trinajstić information content (AvgIpc) is 2.78. The Hall–Kier alpha value is -3.93. The Balaban J connectivity index is 1.56. The number of carbonyl (C=O) groups is 3. The highest BCUT2D eigenvalue weighted by molar-refractivity contribution is 6.14. The van der Waals surface area contributed by atoms with E-state index in [-0.39, 0.29) is 5.91 Å². The molecular weight excluding hydrogens is 392 g/mol. The molecule has 31 heavy (non-hydrogen) atoms. The topological polar surface area (TPSA) is 75.7 Å². The molecule has 6 nitrogen and oxygen atoms in total. The molecule has 0 fully saturated rings. The van der Waals surface area contributed by atoms with Crippen molar-refractivity contribution in [3.05, 3.63) is 84.4 Å². The van der Waals surface area contributed by atoms with Gasteiger partial charge in [-0.15, -0.1) is 0 Å². The fourth-order valence-corrected chi connectivity index (χ4v) is 3.70. The minimum Gasteiger partial charge on any atom is -0.452 e. The van der Waals surface area contributed by atoms with Gasteiger partial charge in [-0.2, -0.15) is 0 Å². The summed E-state index contributed by atoms with van der Waals surface area (Å²) >= 11 is 0. The lowest BCUT2D eigenvalue weighted by molar-refractivity contribution is -0.128. The molecule has 0 unspecified atom stereocenters. The molecule has 0 radical (unpaired) electrons. The van der Waals surface area contributed by atoms with Gasteiger partial charge in [0.2, 0.25) is 5.91 Å². The number of hydrogen-bond acceptors (Lipinski definition) is 4. The zero-order valence-electron chi connectivity index (χ0n) is 17.3. The van der Waals surface area contributed by atoms with E-state index in [4.69, 9.17) is 4.74 Å². The zero-order valence-corrected chi connectivity index (χ0v) is 17.3. The Kier molecular flexibility index (Phi) is 5.29. The molecule has 2 amide bonds. The molecule has 4 rings (SSSR count). The van der Waals surface area contributed by atoms with Gasteiger partial charge in [0.05, 0.1) is 16.9 Å². The van der Waals surface area contributed by atoms with E-state index in [1.54, 1.807) is 50.2 Å². The van der Waals surface area contributed by atoms with E-state index in [0.29, 0.717) is 16.9 Å². The number of fused-ring (bicyclic) bond motifs is 1. The van der Waals surface area contributed by atoms with Crippen LogP contribution in [0.2, 0.25) is 0 Å². The molecule has 0 atom stereocenters. The van der Waals surface area contributed by atoms with Crippen molar-refractivity contribution in [3.8, 4) is 11.1 Å². The average molecular weight is 414 g/mol. The van der Waals surface area contributed by atoms with E-state index in [0.717, 1.165) is 11.1 Å².